The molecule has 0 saturated carbocycles. The number of anilines is 3. The van der Waals surface area contributed by atoms with Crippen molar-refractivity contribution in [3.8, 4) is 28.7 Å². The summed E-state index contributed by atoms with van der Waals surface area (Å²) in [5.41, 5.74) is 2.65. The van der Waals surface area contributed by atoms with Crippen molar-refractivity contribution in [1.82, 2.24) is 25.2 Å². The van der Waals surface area contributed by atoms with Gasteiger partial charge in [0.15, 0.2) is 36.2 Å². The Balaban J connectivity index is 1.50. The van der Waals surface area contributed by atoms with Gasteiger partial charge < -0.3 is 54.6 Å². The molecule has 2 aromatic heterocycles. The van der Waals surface area contributed by atoms with Crippen LogP contribution in [0.1, 0.15) is 12.0 Å². The zero-order chi connectivity index (χ0) is 33.1. The maximum Gasteiger partial charge on any atom is 0.341 e. The molecule has 0 bridgehead atoms. The number of amides is 1. The van der Waals surface area contributed by atoms with Crippen LogP contribution in [0.3, 0.4) is 0 Å². The quantitative estimate of drug-likeness (QED) is 0.100. The number of nitrogens with zero attached hydrogens (tertiary/aromatic N) is 3. The van der Waals surface area contributed by atoms with E-state index in [9.17, 15) is 14.7 Å². The zero-order valence-electron chi connectivity index (χ0n) is 26.4. The summed E-state index contributed by atoms with van der Waals surface area (Å²) in [7, 11) is 8.42. The zero-order valence-corrected chi connectivity index (χ0v) is 26.4. The molecule has 0 aliphatic heterocycles. The highest BCUT2D eigenvalue weighted by molar-refractivity contribution is 5.93. The highest BCUT2D eigenvalue weighted by atomic mass is 16.5. The number of carbonyl (C=O) groups is 2. The standard InChI is InChI=1S/C31H39N7O8/c1-32-9-6-10-38(2)15-19-14-33-30-28(19)31(35-18-34-30)37-20-7-8-22(23(11-20)46-17-27(40)41)45-16-26(39)36-21-12-24(42-3)29(44-5)25(13-21)43-4/h7-8,11-14,18,32H,6,9-10,15-17H2,1-5H3,(H,36,39)(H,40,41)(H2,33,34,35,37). The Kier molecular flexibility index (Phi) is 11.8. The molecule has 15 heteroatoms. The predicted molar refractivity (Wildman–Crippen MR) is 172 cm³/mol. The summed E-state index contributed by atoms with van der Waals surface area (Å²) in [6.07, 6.45) is 4.38. The number of rotatable bonds is 18. The Morgan fingerprint density at radius 3 is 2.33 bits per heavy atom. The minimum absolute atomic E-state index is 0.122. The smallest absolute Gasteiger partial charge is 0.341 e. The molecule has 0 aliphatic rings. The third-order valence-electron chi connectivity index (χ3n) is 6.82. The minimum Gasteiger partial charge on any atom is -0.493 e. The molecule has 0 unspecified atom stereocenters. The number of ether oxygens (including phenoxy) is 5. The molecule has 4 rings (SSSR count). The van der Waals surface area contributed by atoms with E-state index < -0.39 is 25.1 Å². The summed E-state index contributed by atoms with van der Waals surface area (Å²) in [6, 6.07) is 8.05. The lowest BCUT2D eigenvalue weighted by molar-refractivity contribution is -0.139. The van der Waals surface area contributed by atoms with Crippen LogP contribution in [-0.4, -0.2) is 98.6 Å². The Bertz CT molecular complexity index is 1620. The Labute approximate surface area is 266 Å². The van der Waals surface area contributed by atoms with Gasteiger partial charge in [-0.25, -0.2) is 14.8 Å². The van der Waals surface area contributed by atoms with Crippen LogP contribution in [-0.2, 0) is 16.1 Å². The van der Waals surface area contributed by atoms with Gasteiger partial charge in [0, 0.05) is 42.3 Å². The summed E-state index contributed by atoms with van der Waals surface area (Å²) in [5.74, 6) is 0.327. The number of aromatic amines is 1. The summed E-state index contributed by atoms with van der Waals surface area (Å²) >= 11 is 0. The molecule has 246 valence electrons. The van der Waals surface area contributed by atoms with Gasteiger partial charge in [-0.05, 0) is 51.3 Å². The SMILES string of the molecule is CNCCCN(C)Cc1c[nH]c2ncnc(Nc3ccc(OCC(=O)Nc4cc(OC)c(OC)c(OC)c4)c(OCC(=O)O)c3)c12. The lowest BCUT2D eigenvalue weighted by atomic mass is 10.2. The maximum atomic E-state index is 12.8. The Morgan fingerprint density at radius 1 is 0.935 bits per heavy atom. The number of H-pyrrole nitrogens is 1. The highest BCUT2D eigenvalue weighted by Gasteiger charge is 2.17. The normalized spacial score (nSPS) is 10.9. The van der Waals surface area contributed by atoms with Crippen molar-refractivity contribution in [1.29, 1.82) is 0 Å². The van der Waals surface area contributed by atoms with Gasteiger partial charge in [-0.2, -0.15) is 0 Å². The fourth-order valence-corrected chi connectivity index (χ4v) is 4.73. The van der Waals surface area contributed by atoms with Gasteiger partial charge in [0.05, 0.1) is 26.7 Å². The molecule has 1 amide bonds. The number of carbonyl (C=O) groups excluding carboxylic acids is 1. The van der Waals surface area contributed by atoms with E-state index in [2.05, 4.69) is 42.8 Å². The van der Waals surface area contributed by atoms with Crippen molar-refractivity contribution in [3.63, 3.8) is 0 Å². The summed E-state index contributed by atoms with van der Waals surface area (Å²) in [5, 5.41) is 19.2. The largest absolute Gasteiger partial charge is 0.493 e. The monoisotopic (exact) mass is 637 g/mol. The van der Waals surface area contributed by atoms with Crippen molar-refractivity contribution in [2.24, 2.45) is 0 Å². The molecule has 15 nitrogen and oxygen atoms in total. The Hall–Kier alpha value is -5.28. The van der Waals surface area contributed by atoms with Gasteiger partial charge in [-0.15, -0.1) is 0 Å². The second-order valence-corrected chi connectivity index (χ2v) is 10.2. The molecule has 2 aromatic carbocycles. The molecule has 0 radical (unpaired) electrons. The van der Waals surface area contributed by atoms with Gasteiger partial charge in [0.2, 0.25) is 5.75 Å². The molecular weight excluding hydrogens is 598 g/mol. The second-order valence-electron chi connectivity index (χ2n) is 10.2. The third kappa shape index (κ3) is 8.67. The lowest BCUT2D eigenvalue weighted by Gasteiger charge is -2.17. The molecule has 0 saturated heterocycles. The van der Waals surface area contributed by atoms with Crippen LogP contribution >= 0.6 is 0 Å². The molecule has 5 N–H and O–H groups in total. The number of methoxy groups -OCH3 is 3. The molecule has 2 heterocycles. The van der Waals surface area contributed by atoms with E-state index in [1.165, 1.54) is 27.7 Å². The predicted octanol–water partition coefficient (Wildman–Crippen LogP) is 3.25. The molecular formula is C31H39N7O8. The molecule has 0 spiro atoms. The topological polar surface area (TPSA) is 181 Å². The summed E-state index contributed by atoms with van der Waals surface area (Å²) in [4.78, 5) is 38.3. The van der Waals surface area contributed by atoms with Gasteiger partial charge in [-0.1, -0.05) is 0 Å². The number of aliphatic carboxylic acids is 1. The number of aromatic nitrogens is 3. The number of nitrogens with one attached hydrogen (secondary N) is 4. The van der Waals surface area contributed by atoms with Gasteiger partial charge in [0.1, 0.15) is 17.8 Å². The number of hydrogen-bond donors (Lipinski definition) is 5. The highest BCUT2D eigenvalue weighted by Crippen LogP contribution is 2.40. The van der Waals surface area contributed by atoms with E-state index >= 15 is 0 Å². The number of fused-ring (bicyclic) bond motifs is 1. The van der Waals surface area contributed by atoms with Crippen LogP contribution in [0.15, 0.2) is 42.9 Å². The summed E-state index contributed by atoms with van der Waals surface area (Å²) in [6.45, 7) is 1.52. The molecule has 46 heavy (non-hydrogen) atoms. The number of hydrogen-bond acceptors (Lipinski definition) is 12. The van der Waals surface area contributed by atoms with Crippen LogP contribution in [0.4, 0.5) is 17.2 Å². The molecule has 0 fully saturated rings. The van der Waals surface area contributed by atoms with Crippen molar-refractivity contribution < 1.29 is 38.4 Å². The lowest BCUT2D eigenvalue weighted by Crippen LogP contribution is -2.22. The van der Waals surface area contributed by atoms with Crippen molar-refractivity contribution in [2.45, 2.75) is 13.0 Å². The van der Waals surface area contributed by atoms with E-state index in [4.69, 9.17) is 23.7 Å². The van der Waals surface area contributed by atoms with Crippen LogP contribution in [0, 0.1) is 0 Å². The van der Waals surface area contributed by atoms with E-state index in [1.807, 2.05) is 13.2 Å². The third-order valence-corrected chi connectivity index (χ3v) is 6.82. The number of carboxylic acid groups (broad SMARTS) is 1. The first-order valence-electron chi connectivity index (χ1n) is 14.4. The van der Waals surface area contributed by atoms with Crippen LogP contribution < -0.4 is 39.6 Å². The van der Waals surface area contributed by atoms with Crippen LogP contribution in [0.25, 0.3) is 11.0 Å². The molecule has 0 aliphatic carbocycles. The van der Waals surface area contributed by atoms with Crippen LogP contribution in [0.5, 0.6) is 28.7 Å². The first-order valence-corrected chi connectivity index (χ1v) is 14.4. The summed E-state index contributed by atoms with van der Waals surface area (Å²) < 4.78 is 27.2. The molecule has 0 atom stereocenters. The van der Waals surface area contributed by atoms with E-state index in [0.717, 1.165) is 30.5 Å². The van der Waals surface area contributed by atoms with Crippen molar-refractivity contribution in [2.75, 3.05) is 72.4 Å². The average Bonchev–Trinajstić information content (AvgIpc) is 3.46. The minimum atomic E-state index is -1.17. The van der Waals surface area contributed by atoms with Gasteiger partial charge in [0.25, 0.3) is 5.91 Å². The van der Waals surface area contributed by atoms with Gasteiger partial charge in [-0.3, -0.25) is 4.79 Å². The fourth-order valence-electron chi connectivity index (χ4n) is 4.73. The average molecular weight is 638 g/mol. The Morgan fingerprint density at radius 2 is 1.65 bits per heavy atom. The van der Waals surface area contributed by atoms with Crippen molar-refractivity contribution in [3.05, 3.63) is 48.4 Å². The number of carboxylic acids is 1. The van der Waals surface area contributed by atoms with E-state index in [0.29, 0.717) is 46.6 Å². The maximum absolute atomic E-state index is 12.8. The van der Waals surface area contributed by atoms with Crippen molar-refractivity contribution >= 4 is 40.1 Å². The van der Waals surface area contributed by atoms with E-state index in [1.54, 1.807) is 30.3 Å². The first kappa shape index (κ1) is 33.6. The number of benzene rings is 2. The van der Waals surface area contributed by atoms with E-state index in [-0.39, 0.29) is 11.5 Å². The van der Waals surface area contributed by atoms with Gasteiger partial charge >= 0.3 is 5.97 Å². The molecule has 4 aromatic rings. The van der Waals surface area contributed by atoms with Crippen LogP contribution in [0.2, 0.25) is 0 Å². The first-order chi connectivity index (χ1) is 22.3. The fraction of sp³-hybridized carbons (Fsp3) is 0.355. The second kappa shape index (κ2) is 16.2.